The number of carbonyl (C=O) groups excluding carboxylic acids is 1. The molecule has 0 saturated carbocycles. The Hall–Kier alpha value is -2.73. The maximum absolute atomic E-state index is 12.7. The van der Waals surface area contributed by atoms with E-state index in [9.17, 15) is 4.79 Å². The lowest BCUT2D eigenvalue weighted by atomic mass is 10.1. The van der Waals surface area contributed by atoms with Crippen molar-refractivity contribution in [2.45, 2.75) is 45.6 Å². The second-order valence-electron chi connectivity index (χ2n) is 6.81. The highest BCUT2D eigenvalue weighted by molar-refractivity contribution is 6.30. The zero-order valence-electron chi connectivity index (χ0n) is 16.0. The van der Waals surface area contributed by atoms with Crippen LogP contribution in [0, 0.1) is 0 Å². The van der Waals surface area contributed by atoms with E-state index in [0.29, 0.717) is 16.5 Å². The number of aromatic nitrogens is 1. The number of nitrogen functional groups attached to an aromatic ring is 1. The molecule has 1 aromatic carbocycles. The molecule has 0 bridgehead atoms. The van der Waals surface area contributed by atoms with Crippen LogP contribution in [0.2, 0.25) is 5.02 Å². The average Bonchev–Trinajstić information content (AvgIpc) is 3.28. The SMILES string of the molecule is CCCCCC(C)NC(=O)c1c(-c2ccc(-c3cccc(Cl)c3)o2)noc1N. The molecule has 0 aliphatic carbocycles. The van der Waals surface area contributed by atoms with Crippen LogP contribution in [0.3, 0.4) is 0 Å². The lowest BCUT2D eigenvalue weighted by Gasteiger charge is -2.13. The summed E-state index contributed by atoms with van der Waals surface area (Å²) in [6.45, 7) is 4.12. The van der Waals surface area contributed by atoms with Gasteiger partial charge in [0.25, 0.3) is 5.91 Å². The molecule has 3 rings (SSSR count). The summed E-state index contributed by atoms with van der Waals surface area (Å²) in [4.78, 5) is 12.7. The van der Waals surface area contributed by atoms with E-state index >= 15 is 0 Å². The van der Waals surface area contributed by atoms with Crippen molar-refractivity contribution in [3.8, 4) is 22.8 Å². The summed E-state index contributed by atoms with van der Waals surface area (Å²) in [5.74, 6) is 0.657. The number of hydrogen-bond acceptors (Lipinski definition) is 5. The van der Waals surface area contributed by atoms with Crippen LogP contribution in [-0.2, 0) is 0 Å². The number of nitrogens with zero attached hydrogens (tertiary/aromatic N) is 1. The molecular weight excluding hydrogens is 378 g/mol. The summed E-state index contributed by atoms with van der Waals surface area (Å²) in [5, 5.41) is 7.50. The molecular formula is C21H24ClN3O3. The summed E-state index contributed by atoms with van der Waals surface area (Å²) in [6.07, 6.45) is 4.24. The molecule has 3 aromatic rings. The third-order valence-electron chi connectivity index (χ3n) is 4.51. The quantitative estimate of drug-likeness (QED) is 0.483. The number of hydrogen-bond donors (Lipinski definition) is 2. The molecule has 2 heterocycles. The summed E-state index contributed by atoms with van der Waals surface area (Å²) in [6, 6.07) is 10.9. The van der Waals surface area contributed by atoms with Crippen molar-refractivity contribution in [3.05, 3.63) is 47.0 Å². The fraction of sp³-hybridized carbons (Fsp3) is 0.333. The monoisotopic (exact) mass is 401 g/mol. The number of unbranched alkanes of at least 4 members (excludes halogenated alkanes) is 2. The van der Waals surface area contributed by atoms with Gasteiger partial charge in [0.1, 0.15) is 11.3 Å². The second-order valence-corrected chi connectivity index (χ2v) is 7.25. The van der Waals surface area contributed by atoms with E-state index in [1.807, 2.05) is 19.1 Å². The van der Waals surface area contributed by atoms with Crippen molar-refractivity contribution in [1.82, 2.24) is 10.5 Å². The van der Waals surface area contributed by atoms with Crippen LogP contribution in [0.15, 0.2) is 45.3 Å². The summed E-state index contributed by atoms with van der Waals surface area (Å²) in [7, 11) is 0. The summed E-state index contributed by atoms with van der Waals surface area (Å²) < 4.78 is 11.0. The maximum atomic E-state index is 12.7. The van der Waals surface area contributed by atoms with Gasteiger partial charge in [0.15, 0.2) is 11.5 Å². The fourth-order valence-electron chi connectivity index (χ4n) is 3.02. The van der Waals surface area contributed by atoms with Crippen molar-refractivity contribution in [3.63, 3.8) is 0 Å². The Morgan fingerprint density at radius 3 is 2.79 bits per heavy atom. The van der Waals surface area contributed by atoms with Crippen LogP contribution in [0.25, 0.3) is 22.8 Å². The van der Waals surface area contributed by atoms with Gasteiger partial charge in [-0.2, -0.15) is 0 Å². The number of rotatable bonds is 8. The van der Waals surface area contributed by atoms with Crippen LogP contribution < -0.4 is 11.1 Å². The highest BCUT2D eigenvalue weighted by atomic mass is 35.5. The van der Waals surface area contributed by atoms with Gasteiger partial charge in [-0.05, 0) is 37.6 Å². The molecule has 3 N–H and O–H groups in total. The molecule has 0 aliphatic rings. The normalized spacial score (nSPS) is 12.1. The first-order valence-corrected chi connectivity index (χ1v) is 9.79. The van der Waals surface area contributed by atoms with E-state index in [-0.39, 0.29) is 29.1 Å². The minimum Gasteiger partial charge on any atom is -0.454 e. The molecule has 0 aliphatic heterocycles. The Morgan fingerprint density at radius 1 is 1.25 bits per heavy atom. The Kier molecular flexibility index (Phi) is 6.41. The molecule has 0 fully saturated rings. The van der Waals surface area contributed by atoms with Crippen molar-refractivity contribution < 1.29 is 13.7 Å². The van der Waals surface area contributed by atoms with Gasteiger partial charge < -0.3 is 20.0 Å². The number of anilines is 1. The third-order valence-corrected chi connectivity index (χ3v) is 4.75. The lowest BCUT2D eigenvalue weighted by Crippen LogP contribution is -2.33. The molecule has 0 spiro atoms. The molecule has 0 radical (unpaired) electrons. The molecule has 28 heavy (non-hydrogen) atoms. The van der Waals surface area contributed by atoms with E-state index in [0.717, 1.165) is 31.2 Å². The zero-order valence-corrected chi connectivity index (χ0v) is 16.8. The molecule has 148 valence electrons. The number of halogens is 1. The van der Waals surface area contributed by atoms with Gasteiger partial charge in [0, 0.05) is 16.6 Å². The average molecular weight is 402 g/mol. The number of benzene rings is 1. The van der Waals surface area contributed by atoms with E-state index in [1.165, 1.54) is 0 Å². The minimum atomic E-state index is -0.321. The van der Waals surface area contributed by atoms with E-state index in [2.05, 4.69) is 17.4 Å². The first-order chi connectivity index (χ1) is 13.5. The molecule has 1 amide bonds. The molecule has 1 atom stereocenters. The van der Waals surface area contributed by atoms with Crippen molar-refractivity contribution in [2.24, 2.45) is 0 Å². The summed E-state index contributed by atoms with van der Waals surface area (Å²) in [5.41, 5.74) is 7.16. The molecule has 7 heteroatoms. The van der Waals surface area contributed by atoms with E-state index in [4.69, 9.17) is 26.3 Å². The molecule has 1 unspecified atom stereocenters. The predicted octanol–water partition coefficient (Wildman–Crippen LogP) is 5.54. The number of amides is 1. The Balaban J connectivity index is 1.80. The third kappa shape index (κ3) is 4.57. The fourth-order valence-corrected chi connectivity index (χ4v) is 3.21. The summed E-state index contributed by atoms with van der Waals surface area (Å²) >= 11 is 6.04. The van der Waals surface area contributed by atoms with Gasteiger partial charge in [-0.3, -0.25) is 4.79 Å². The Bertz CT molecular complexity index is 948. The van der Waals surface area contributed by atoms with Gasteiger partial charge in [-0.25, -0.2) is 0 Å². The van der Waals surface area contributed by atoms with Crippen LogP contribution in [0.4, 0.5) is 5.88 Å². The van der Waals surface area contributed by atoms with Gasteiger partial charge >= 0.3 is 0 Å². The van der Waals surface area contributed by atoms with Crippen LogP contribution in [0.1, 0.15) is 49.9 Å². The van der Waals surface area contributed by atoms with E-state index in [1.54, 1.807) is 24.3 Å². The molecule has 0 saturated heterocycles. The van der Waals surface area contributed by atoms with Crippen LogP contribution in [-0.4, -0.2) is 17.1 Å². The van der Waals surface area contributed by atoms with Gasteiger partial charge in [0.05, 0.1) is 0 Å². The topological polar surface area (TPSA) is 94.3 Å². The van der Waals surface area contributed by atoms with Crippen molar-refractivity contribution in [1.29, 1.82) is 0 Å². The number of carbonyl (C=O) groups is 1. The second kappa shape index (κ2) is 8.97. The molecule has 6 nitrogen and oxygen atoms in total. The molecule has 2 aromatic heterocycles. The predicted molar refractivity (Wildman–Crippen MR) is 110 cm³/mol. The standard InChI is InChI=1S/C21H24ClN3O3/c1-3-4-5-7-13(2)24-21(26)18-19(25-28-20(18)23)17-11-10-16(27-17)14-8-6-9-15(22)12-14/h6,8-13H,3-5,7,23H2,1-2H3,(H,24,26). The minimum absolute atomic E-state index is 0.0276. The van der Waals surface area contributed by atoms with Crippen molar-refractivity contribution >= 4 is 23.4 Å². The highest BCUT2D eigenvalue weighted by Crippen LogP contribution is 2.32. The van der Waals surface area contributed by atoms with Gasteiger partial charge in [-0.1, -0.05) is 55.1 Å². The Labute approximate surface area is 169 Å². The number of furan rings is 1. The highest BCUT2D eigenvalue weighted by Gasteiger charge is 2.25. The Morgan fingerprint density at radius 2 is 2.04 bits per heavy atom. The maximum Gasteiger partial charge on any atom is 0.259 e. The zero-order chi connectivity index (χ0) is 20.1. The van der Waals surface area contributed by atoms with Crippen molar-refractivity contribution in [2.75, 3.05) is 5.73 Å². The van der Waals surface area contributed by atoms with Gasteiger partial charge in [-0.15, -0.1) is 0 Å². The largest absolute Gasteiger partial charge is 0.454 e. The lowest BCUT2D eigenvalue weighted by molar-refractivity contribution is 0.0939. The smallest absolute Gasteiger partial charge is 0.259 e. The number of nitrogens with two attached hydrogens (primary N) is 1. The van der Waals surface area contributed by atoms with Crippen LogP contribution in [0.5, 0.6) is 0 Å². The van der Waals surface area contributed by atoms with Gasteiger partial charge in [0.2, 0.25) is 5.88 Å². The van der Waals surface area contributed by atoms with Crippen LogP contribution >= 0.6 is 11.6 Å². The van der Waals surface area contributed by atoms with E-state index < -0.39 is 0 Å². The first-order valence-electron chi connectivity index (χ1n) is 9.41. The first kappa shape index (κ1) is 20.0. The number of nitrogens with one attached hydrogen (secondary N) is 1.